The Hall–Kier alpha value is -1.26. The van der Waals surface area contributed by atoms with Crippen LogP contribution in [-0.4, -0.2) is 32.0 Å². The van der Waals surface area contributed by atoms with Gasteiger partial charge in [-0.3, -0.25) is 0 Å². The molecule has 0 aliphatic carbocycles. The number of nitrogens with one attached hydrogen (secondary N) is 1. The number of benzene rings is 1. The first kappa shape index (κ1) is 12.2. The molecule has 0 atom stereocenters. The van der Waals surface area contributed by atoms with Gasteiger partial charge in [-0.05, 0) is 6.07 Å². The van der Waals surface area contributed by atoms with E-state index in [1.54, 1.807) is 13.2 Å². The summed E-state index contributed by atoms with van der Waals surface area (Å²) >= 11 is 0. The van der Waals surface area contributed by atoms with Gasteiger partial charge in [0.2, 0.25) is 0 Å². The molecule has 2 rings (SSSR count). The van der Waals surface area contributed by atoms with E-state index in [2.05, 4.69) is 12.2 Å². The van der Waals surface area contributed by atoms with Crippen LogP contribution in [0.5, 0.6) is 11.5 Å². The van der Waals surface area contributed by atoms with Crippen LogP contribution in [0.25, 0.3) is 0 Å². The van der Waals surface area contributed by atoms with Crippen molar-refractivity contribution in [2.45, 2.75) is 13.5 Å². The molecule has 0 saturated carbocycles. The van der Waals surface area contributed by atoms with Gasteiger partial charge in [-0.2, -0.15) is 0 Å². The Morgan fingerprint density at radius 2 is 2.24 bits per heavy atom. The van der Waals surface area contributed by atoms with Gasteiger partial charge < -0.3 is 19.9 Å². The molecule has 1 fully saturated rings. The van der Waals surface area contributed by atoms with Crippen molar-refractivity contribution in [2.24, 2.45) is 5.41 Å². The highest BCUT2D eigenvalue weighted by molar-refractivity contribution is 5.39. The molecule has 1 aliphatic rings. The van der Waals surface area contributed by atoms with Crippen LogP contribution < -0.4 is 10.1 Å². The molecule has 1 aromatic carbocycles. The minimum Gasteiger partial charge on any atom is -0.507 e. The first-order valence-corrected chi connectivity index (χ1v) is 5.77. The molecule has 0 aromatic heterocycles. The minimum absolute atomic E-state index is 0.252. The molecule has 1 saturated heterocycles. The Bertz CT molecular complexity index is 388. The Labute approximate surface area is 102 Å². The van der Waals surface area contributed by atoms with Gasteiger partial charge in [-0.25, -0.2) is 0 Å². The third kappa shape index (κ3) is 2.90. The van der Waals surface area contributed by atoms with Crippen LogP contribution in [-0.2, 0) is 11.3 Å². The third-order valence-corrected chi connectivity index (χ3v) is 3.06. The Kier molecular flexibility index (Phi) is 3.54. The lowest BCUT2D eigenvalue weighted by molar-refractivity contribution is -0.0991. The van der Waals surface area contributed by atoms with Crippen molar-refractivity contribution in [2.75, 3.05) is 26.9 Å². The number of phenols is 1. The summed E-state index contributed by atoms with van der Waals surface area (Å²) in [6.45, 7) is 5.38. The fourth-order valence-corrected chi connectivity index (χ4v) is 1.87. The van der Waals surface area contributed by atoms with E-state index in [0.29, 0.717) is 12.3 Å². The summed E-state index contributed by atoms with van der Waals surface area (Å²) in [5, 5.41) is 13.1. The zero-order valence-electron chi connectivity index (χ0n) is 10.3. The summed E-state index contributed by atoms with van der Waals surface area (Å²) in [7, 11) is 1.59. The van der Waals surface area contributed by atoms with Gasteiger partial charge in [0.1, 0.15) is 11.5 Å². The van der Waals surface area contributed by atoms with Crippen molar-refractivity contribution >= 4 is 0 Å². The quantitative estimate of drug-likeness (QED) is 0.815. The molecule has 0 spiro atoms. The van der Waals surface area contributed by atoms with Crippen molar-refractivity contribution in [3.63, 3.8) is 0 Å². The lowest BCUT2D eigenvalue weighted by Crippen LogP contribution is -2.47. The zero-order valence-corrected chi connectivity index (χ0v) is 10.3. The van der Waals surface area contributed by atoms with E-state index < -0.39 is 0 Å². The normalized spacial score (nSPS) is 17.5. The number of aromatic hydroxyl groups is 1. The first-order chi connectivity index (χ1) is 8.13. The largest absolute Gasteiger partial charge is 0.507 e. The molecule has 0 bridgehead atoms. The number of hydrogen-bond acceptors (Lipinski definition) is 4. The number of methoxy groups -OCH3 is 1. The van der Waals surface area contributed by atoms with Crippen LogP contribution in [0.2, 0.25) is 0 Å². The first-order valence-electron chi connectivity index (χ1n) is 5.77. The molecule has 0 unspecified atom stereocenters. The minimum atomic E-state index is 0.252. The molecule has 4 nitrogen and oxygen atoms in total. The molecule has 4 heteroatoms. The van der Waals surface area contributed by atoms with Gasteiger partial charge in [-0.15, -0.1) is 0 Å². The highest BCUT2D eigenvalue weighted by atomic mass is 16.5. The smallest absolute Gasteiger partial charge is 0.123 e. The van der Waals surface area contributed by atoms with E-state index >= 15 is 0 Å². The molecule has 0 amide bonds. The second kappa shape index (κ2) is 4.94. The van der Waals surface area contributed by atoms with Gasteiger partial charge in [-0.1, -0.05) is 13.0 Å². The van der Waals surface area contributed by atoms with E-state index in [0.717, 1.165) is 25.3 Å². The second-order valence-electron chi connectivity index (χ2n) is 4.90. The van der Waals surface area contributed by atoms with E-state index in [9.17, 15) is 5.11 Å². The van der Waals surface area contributed by atoms with Crippen LogP contribution in [0.15, 0.2) is 18.2 Å². The summed E-state index contributed by atoms with van der Waals surface area (Å²) in [4.78, 5) is 0. The topological polar surface area (TPSA) is 50.7 Å². The standard InChI is InChI=1S/C13H19NO3/c1-13(8-17-9-13)7-14-6-10-3-4-11(16-2)5-12(10)15/h3-5,14-15H,6-9H2,1-2H3. The van der Waals surface area contributed by atoms with E-state index in [-0.39, 0.29) is 11.2 Å². The highest BCUT2D eigenvalue weighted by Gasteiger charge is 2.32. The van der Waals surface area contributed by atoms with Crippen molar-refractivity contribution in [1.29, 1.82) is 0 Å². The van der Waals surface area contributed by atoms with Crippen molar-refractivity contribution in [1.82, 2.24) is 5.32 Å². The maximum atomic E-state index is 9.78. The Morgan fingerprint density at radius 3 is 2.76 bits per heavy atom. The lowest BCUT2D eigenvalue weighted by Gasteiger charge is -2.38. The van der Waals surface area contributed by atoms with Crippen molar-refractivity contribution in [3.05, 3.63) is 23.8 Å². The Balaban J connectivity index is 1.86. The molecule has 2 N–H and O–H groups in total. The second-order valence-corrected chi connectivity index (χ2v) is 4.90. The Morgan fingerprint density at radius 1 is 1.47 bits per heavy atom. The molecular weight excluding hydrogens is 218 g/mol. The van der Waals surface area contributed by atoms with Crippen LogP contribution in [0, 0.1) is 5.41 Å². The summed E-state index contributed by atoms with van der Waals surface area (Å²) in [5.41, 5.74) is 1.14. The third-order valence-electron chi connectivity index (χ3n) is 3.06. The monoisotopic (exact) mass is 237 g/mol. The van der Waals surface area contributed by atoms with E-state index in [4.69, 9.17) is 9.47 Å². The average molecular weight is 237 g/mol. The molecule has 17 heavy (non-hydrogen) atoms. The molecule has 94 valence electrons. The van der Waals surface area contributed by atoms with E-state index in [1.165, 1.54) is 0 Å². The van der Waals surface area contributed by atoms with Crippen LogP contribution in [0.3, 0.4) is 0 Å². The summed E-state index contributed by atoms with van der Waals surface area (Å²) < 4.78 is 10.2. The summed E-state index contributed by atoms with van der Waals surface area (Å²) in [5.74, 6) is 0.942. The van der Waals surface area contributed by atoms with Gasteiger partial charge in [0, 0.05) is 30.1 Å². The average Bonchev–Trinajstić information content (AvgIpc) is 2.29. The fraction of sp³-hybridized carbons (Fsp3) is 0.538. The SMILES string of the molecule is COc1ccc(CNCC2(C)COC2)c(O)c1. The number of hydrogen-bond donors (Lipinski definition) is 2. The molecule has 1 heterocycles. The van der Waals surface area contributed by atoms with Crippen molar-refractivity contribution in [3.8, 4) is 11.5 Å². The van der Waals surface area contributed by atoms with Crippen LogP contribution >= 0.6 is 0 Å². The number of phenolic OH excluding ortho intramolecular Hbond substituents is 1. The van der Waals surface area contributed by atoms with Crippen molar-refractivity contribution < 1.29 is 14.6 Å². The molecular formula is C13H19NO3. The summed E-state index contributed by atoms with van der Waals surface area (Å²) in [6, 6.07) is 5.36. The lowest BCUT2D eigenvalue weighted by atomic mass is 9.89. The van der Waals surface area contributed by atoms with Gasteiger partial charge in [0.25, 0.3) is 0 Å². The predicted molar refractivity (Wildman–Crippen MR) is 65.3 cm³/mol. The van der Waals surface area contributed by atoms with Gasteiger partial charge in [0.05, 0.1) is 20.3 Å². The van der Waals surface area contributed by atoms with Gasteiger partial charge in [0.15, 0.2) is 0 Å². The number of rotatable bonds is 5. The molecule has 1 aliphatic heterocycles. The van der Waals surface area contributed by atoms with Gasteiger partial charge >= 0.3 is 0 Å². The number of ether oxygens (including phenoxy) is 2. The van der Waals surface area contributed by atoms with Crippen LogP contribution in [0.4, 0.5) is 0 Å². The molecule has 1 aromatic rings. The summed E-state index contributed by atoms with van der Waals surface area (Å²) in [6.07, 6.45) is 0. The fourth-order valence-electron chi connectivity index (χ4n) is 1.87. The molecule has 0 radical (unpaired) electrons. The highest BCUT2D eigenvalue weighted by Crippen LogP contribution is 2.26. The predicted octanol–water partition coefficient (Wildman–Crippen LogP) is 1.53. The maximum absolute atomic E-state index is 9.78. The van der Waals surface area contributed by atoms with Crippen LogP contribution in [0.1, 0.15) is 12.5 Å². The maximum Gasteiger partial charge on any atom is 0.123 e. The zero-order chi connectivity index (χ0) is 12.3. The van der Waals surface area contributed by atoms with E-state index in [1.807, 2.05) is 12.1 Å².